The lowest BCUT2D eigenvalue weighted by atomic mass is 9.89. The van der Waals surface area contributed by atoms with Gasteiger partial charge in [-0.2, -0.15) is 30.5 Å². The summed E-state index contributed by atoms with van der Waals surface area (Å²) in [4.78, 5) is 63.6. The van der Waals surface area contributed by atoms with Crippen LogP contribution in [0.5, 0.6) is 12.0 Å². The van der Waals surface area contributed by atoms with Crippen LogP contribution in [0.25, 0.3) is 21.5 Å². The van der Waals surface area contributed by atoms with Gasteiger partial charge in [-0.05, 0) is 118 Å². The second kappa shape index (κ2) is 25.5. The number of piperazine rings is 2. The van der Waals surface area contributed by atoms with Crippen LogP contribution in [-0.4, -0.2) is 175 Å². The van der Waals surface area contributed by atoms with Crippen molar-refractivity contribution in [3.8, 4) is 24.2 Å². The summed E-state index contributed by atoms with van der Waals surface area (Å²) in [5.74, 6) is -0.414. The van der Waals surface area contributed by atoms with E-state index in [1.807, 2.05) is 0 Å². The van der Waals surface area contributed by atoms with E-state index in [1.165, 1.54) is 55.3 Å². The highest BCUT2D eigenvalue weighted by atomic mass is 19.1. The first kappa shape index (κ1) is 58.9. The van der Waals surface area contributed by atoms with Gasteiger partial charge in [0.15, 0.2) is 5.83 Å². The van der Waals surface area contributed by atoms with Gasteiger partial charge in [0.05, 0.1) is 61.5 Å². The monoisotopic (exact) mass is 1180 g/mol. The number of carbonyl (C=O) groups excluding carboxylic acids is 2. The topological polar surface area (TPSA) is 178 Å². The lowest BCUT2D eigenvalue weighted by Crippen LogP contribution is -2.55. The lowest BCUT2D eigenvalue weighted by Gasteiger charge is -2.42. The van der Waals surface area contributed by atoms with E-state index in [9.17, 15) is 28.9 Å². The van der Waals surface area contributed by atoms with E-state index in [0.717, 1.165) is 84.4 Å². The first-order valence-electron chi connectivity index (χ1n) is 30.7. The van der Waals surface area contributed by atoms with Crippen molar-refractivity contribution in [3.63, 3.8) is 0 Å². The predicted octanol–water partition coefficient (Wildman–Crippen LogP) is 8.53. The molecule has 2 amide bonds. The van der Waals surface area contributed by atoms with Crippen LogP contribution in [0.3, 0.4) is 0 Å². The van der Waals surface area contributed by atoms with Gasteiger partial charge in [-0.15, -0.1) is 0 Å². The third kappa shape index (κ3) is 11.9. The second-order valence-electron chi connectivity index (χ2n) is 24.3. The molecule has 0 saturated carbocycles. The Kier molecular flexibility index (Phi) is 17.2. The first-order chi connectivity index (χ1) is 42.3. The summed E-state index contributed by atoms with van der Waals surface area (Å²) >= 11 is 0. The van der Waals surface area contributed by atoms with Crippen LogP contribution in [0.4, 0.5) is 31.8 Å². The summed E-state index contributed by atoms with van der Waals surface area (Å²) in [5, 5.41) is 24.6. The molecule has 18 nitrogen and oxygen atoms in total. The van der Waals surface area contributed by atoms with E-state index < -0.39 is 30.5 Å². The molecule has 4 fully saturated rings. The van der Waals surface area contributed by atoms with Crippen LogP contribution < -0.4 is 29.1 Å². The number of aryl methyl sites for hydroxylation is 2. The van der Waals surface area contributed by atoms with Crippen molar-refractivity contribution in [2.24, 2.45) is 0 Å². The molecule has 4 saturated heterocycles. The maximum absolute atomic E-state index is 14.2. The van der Waals surface area contributed by atoms with Crippen LogP contribution in [-0.2, 0) is 35.5 Å². The predicted molar refractivity (Wildman–Crippen MR) is 333 cm³/mol. The first-order valence-corrected chi connectivity index (χ1v) is 30.7. The SMILES string of the molecule is C=C(F)C(=O)N1CCN(c2nc(OC[C@@H]3CCCN3C)nc3c2CCN(c2ccc(C4C[C@@H](COc5nc6c(c(N7CCN(C(=O)/C=C/CF)[C@@H](CC#N)C7)n5)CCN(c5cccc7cccc(C)c57)C6)N(C)C4)c4cccc(C)c24)C3)CC1CC#N. The minimum absolute atomic E-state index is 0.0438. The van der Waals surface area contributed by atoms with Crippen LogP contribution in [0, 0.1) is 36.5 Å². The van der Waals surface area contributed by atoms with Crippen LogP contribution >= 0.6 is 0 Å². The summed E-state index contributed by atoms with van der Waals surface area (Å²) < 4.78 is 40.6. The van der Waals surface area contributed by atoms with Gasteiger partial charge in [-0.25, -0.2) is 8.78 Å². The van der Waals surface area contributed by atoms with Gasteiger partial charge in [-0.1, -0.05) is 61.2 Å². The number of nitriles is 2. The average Bonchev–Trinajstić information content (AvgIpc) is 2.26. The molecule has 20 heteroatoms. The third-order valence-electron chi connectivity index (χ3n) is 19.0. The average molecular weight is 1180 g/mol. The maximum atomic E-state index is 14.2. The minimum Gasteiger partial charge on any atom is -0.462 e. The van der Waals surface area contributed by atoms with E-state index in [2.05, 4.69) is 143 Å². The molecule has 452 valence electrons. The summed E-state index contributed by atoms with van der Waals surface area (Å²) in [5.41, 5.74) is 9.76. The molecule has 87 heavy (non-hydrogen) atoms. The smallest absolute Gasteiger partial charge is 0.318 e. The number of hydrogen-bond donors (Lipinski definition) is 0. The normalized spacial score (nSPS) is 21.8. The fourth-order valence-electron chi connectivity index (χ4n) is 14.5. The van der Waals surface area contributed by atoms with Crippen molar-refractivity contribution in [3.05, 3.63) is 130 Å². The van der Waals surface area contributed by atoms with E-state index in [1.54, 1.807) is 4.90 Å². The number of aromatic nitrogens is 4. The van der Waals surface area contributed by atoms with Crippen molar-refractivity contribution in [1.29, 1.82) is 10.5 Å². The van der Waals surface area contributed by atoms with Gasteiger partial charge in [-0.3, -0.25) is 14.5 Å². The number of likely N-dealkylation sites (tertiary alicyclic amines) is 2. The molecule has 2 aromatic heterocycles. The number of ether oxygens (including phenoxy) is 2. The van der Waals surface area contributed by atoms with Gasteiger partial charge in [0, 0.05) is 110 Å². The maximum Gasteiger partial charge on any atom is 0.318 e. The molecule has 0 N–H and O–H groups in total. The fraction of sp³-hybridized carbons (Fsp3) is 0.463. The van der Waals surface area contributed by atoms with Crippen LogP contribution in [0.1, 0.15) is 77.2 Å². The number of allylic oxidation sites excluding steroid dienone is 1. The number of benzene rings is 4. The van der Waals surface area contributed by atoms with Gasteiger partial charge >= 0.3 is 12.0 Å². The Morgan fingerprint density at radius 1 is 0.667 bits per heavy atom. The van der Waals surface area contributed by atoms with Crippen LogP contribution in [0.15, 0.2) is 91.3 Å². The Balaban J connectivity index is 0.801. The molecule has 8 heterocycles. The number of hydrogen-bond acceptors (Lipinski definition) is 16. The summed E-state index contributed by atoms with van der Waals surface area (Å²) in [6, 6.07) is 28.5. The molecule has 0 aliphatic carbocycles. The number of alkyl halides is 1. The van der Waals surface area contributed by atoms with E-state index in [0.29, 0.717) is 90.4 Å². The zero-order valence-corrected chi connectivity index (χ0v) is 50.3. The number of nitrogens with zero attached hydrogens (tertiary/aromatic N) is 14. The fourth-order valence-corrected chi connectivity index (χ4v) is 14.5. The molecule has 6 aliphatic heterocycles. The number of carbonyl (C=O) groups is 2. The summed E-state index contributed by atoms with van der Waals surface area (Å²) in [7, 11) is 4.28. The molecule has 0 bridgehead atoms. The zero-order valence-electron chi connectivity index (χ0n) is 50.3. The largest absolute Gasteiger partial charge is 0.462 e. The Labute approximate surface area is 507 Å². The number of rotatable bonds is 16. The molecule has 4 aromatic carbocycles. The van der Waals surface area contributed by atoms with Crippen molar-refractivity contribution in [1.82, 2.24) is 39.5 Å². The Morgan fingerprint density at radius 3 is 1.86 bits per heavy atom. The molecule has 6 aromatic rings. The number of amides is 2. The quantitative estimate of drug-likeness (QED) is 0.0842. The zero-order chi connectivity index (χ0) is 60.5. The molecule has 12 rings (SSSR count). The number of fused-ring (bicyclic) bond motifs is 4. The molecule has 6 aliphatic rings. The molecule has 2 unspecified atom stereocenters. The molecular formula is C67H76F2N14O4. The highest BCUT2D eigenvalue weighted by molar-refractivity contribution is 6.00. The van der Waals surface area contributed by atoms with Crippen molar-refractivity contribution in [2.45, 2.75) is 102 Å². The summed E-state index contributed by atoms with van der Waals surface area (Å²) in [6.07, 6.45) is 6.98. The highest BCUT2D eigenvalue weighted by Crippen LogP contribution is 2.43. The van der Waals surface area contributed by atoms with Gasteiger partial charge in [0.2, 0.25) is 5.91 Å². The Morgan fingerprint density at radius 2 is 1.25 bits per heavy atom. The number of anilines is 4. The lowest BCUT2D eigenvalue weighted by molar-refractivity contribution is -0.131. The van der Waals surface area contributed by atoms with Crippen molar-refractivity contribution < 1.29 is 27.8 Å². The number of halogens is 2. The number of likely N-dealkylation sites (N-methyl/N-ethyl adjacent to an activating group) is 2. The molecular weight excluding hydrogens is 1100 g/mol. The van der Waals surface area contributed by atoms with Gasteiger partial charge in [0.25, 0.3) is 5.91 Å². The Bertz CT molecular complexity index is 3730. The van der Waals surface area contributed by atoms with E-state index in [-0.39, 0.29) is 43.3 Å². The van der Waals surface area contributed by atoms with Gasteiger partial charge < -0.3 is 43.8 Å². The molecule has 0 spiro atoms. The van der Waals surface area contributed by atoms with E-state index in [4.69, 9.17) is 29.4 Å². The Hall–Kier alpha value is -8.46. The molecule has 0 radical (unpaired) electrons. The van der Waals surface area contributed by atoms with E-state index >= 15 is 0 Å². The van der Waals surface area contributed by atoms with Gasteiger partial charge in [0.1, 0.15) is 31.5 Å². The summed E-state index contributed by atoms with van der Waals surface area (Å²) in [6.45, 7) is 14.2. The van der Waals surface area contributed by atoms with Crippen molar-refractivity contribution in [2.75, 3.05) is 119 Å². The standard InChI is InChI=1S/C67H76F2N14O4/c1-43-11-6-13-46-14-8-17-58(61(43)46)78-29-23-54-56(39-78)73-67(75-63(54)80-31-33-82(48(37-80)21-26-70)60(84)18-9-25-68)87-42-51-35-47(36-77(51)5)52-19-20-59(62-44(2)12-7-16-53(52)62)79-30-24-55-57(40-79)72-66(86-41-50-15-10-28-76(50)4)74-64(55)81-32-34-83(65(85)45(3)69)49(38-81)22-27-71/h6-9,11-14,16-20,47-51H,3,10,15,21-25,28-42H2,1-2,4-5H3/b18-9+/t47?,48-,49?,50-,51-/m0/s1. The minimum atomic E-state index is -1.04. The molecule has 5 atom stereocenters. The highest BCUT2D eigenvalue weighted by Gasteiger charge is 2.38. The van der Waals surface area contributed by atoms with Crippen LogP contribution in [0.2, 0.25) is 0 Å². The van der Waals surface area contributed by atoms with Crippen molar-refractivity contribution >= 4 is 56.4 Å². The second-order valence-corrected chi connectivity index (χ2v) is 24.3. The third-order valence-corrected chi connectivity index (χ3v) is 19.0.